The van der Waals surface area contributed by atoms with Crippen molar-refractivity contribution in [2.75, 3.05) is 19.6 Å². The van der Waals surface area contributed by atoms with Crippen molar-refractivity contribution in [3.63, 3.8) is 0 Å². The molecule has 0 aromatic rings. The molecule has 0 aromatic heterocycles. The number of nitrogens with zero attached hydrogens (tertiary/aromatic N) is 1. The smallest absolute Gasteiger partial charge is 0.317 e. The van der Waals surface area contributed by atoms with Crippen LogP contribution in [0.1, 0.15) is 26.7 Å². The predicted molar refractivity (Wildman–Crippen MR) is 72.9 cm³/mol. The Balaban J connectivity index is 2.42. The van der Waals surface area contributed by atoms with E-state index < -0.39 is 17.8 Å². The molecule has 20 heavy (non-hydrogen) atoms. The average Bonchev–Trinajstić information content (AvgIpc) is 2.82. The molecular formula is C13H23N3O4. The van der Waals surface area contributed by atoms with Crippen LogP contribution < -0.4 is 11.1 Å². The summed E-state index contributed by atoms with van der Waals surface area (Å²) < 4.78 is 0. The van der Waals surface area contributed by atoms with E-state index in [1.807, 2.05) is 13.8 Å². The molecule has 4 N–H and O–H groups in total. The molecule has 0 radical (unpaired) electrons. The number of hydrogen-bond donors (Lipinski definition) is 3. The zero-order valence-corrected chi connectivity index (χ0v) is 12.0. The summed E-state index contributed by atoms with van der Waals surface area (Å²) in [6, 6.07) is -0.330. The number of hydrogen-bond acceptors (Lipinski definition) is 3. The van der Waals surface area contributed by atoms with Crippen molar-refractivity contribution < 1.29 is 19.5 Å². The van der Waals surface area contributed by atoms with Crippen molar-refractivity contribution in [3.05, 3.63) is 0 Å². The normalized spacial score (nSPS) is 19.9. The summed E-state index contributed by atoms with van der Waals surface area (Å²) in [6.45, 7) is 4.76. The summed E-state index contributed by atoms with van der Waals surface area (Å²) in [5, 5.41) is 11.7. The van der Waals surface area contributed by atoms with E-state index in [-0.39, 0.29) is 24.4 Å². The van der Waals surface area contributed by atoms with Gasteiger partial charge in [0.2, 0.25) is 5.91 Å². The van der Waals surface area contributed by atoms with Crippen LogP contribution in [-0.4, -0.2) is 47.5 Å². The van der Waals surface area contributed by atoms with Gasteiger partial charge in [0.15, 0.2) is 0 Å². The number of rotatable bonds is 6. The summed E-state index contributed by atoms with van der Waals surface area (Å²) in [4.78, 5) is 35.5. The Morgan fingerprint density at radius 2 is 2.05 bits per heavy atom. The minimum absolute atomic E-state index is 0.101. The Hall–Kier alpha value is -1.79. The van der Waals surface area contributed by atoms with Gasteiger partial charge >= 0.3 is 12.0 Å². The largest absolute Gasteiger partial charge is 0.481 e. The first kappa shape index (κ1) is 16.3. The Kier molecular flexibility index (Phi) is 5.79. The molecule has 2 unspecified atom stereocenters. The molecular weight excluding hydrogens is 262 g/mol. The van der Waals surface area contributed by atoms with E-state index >= 15 is 0 Å². The minimum atomic E-state index is -0.907. The SMILES string of the molecule is CC(C)CC(CNC(=O)N1CCC(C(N)=O)C1)C(=O)O. The predicted octanol–water partition coefficient (Wildman–Crippen LogP) is 0.250. The molecule has 0 aromatic carbocycles. The fraction of sp³-hybridized carbons (Fsp3) is 0.769. The van der Waals surface area contributed by atoms with Gasteiger partial charge in [-0.05, 0) is 18.8 Å². The number of carbonyl (C=O) groups excluding carboxylic acids is 2. The number of nitrogens with two attached hydrogens (primary N) is 1. The molecule has 7 nitrogen and oxygen atoms in total. The lowest BCUT2D eigenvalue weighted by atomic mass is 9.97. The molecule has 1 fully saturated rings. The van der Waals surface area contributed by atoms with Gasteiger partial charge in [0.1, 0.15) is 0 Å². The summed E-state index contributed by atoms with van der Waals surface area (Å²) >= 11 is 0. The topological polar surface area (TPSA) is 113 Å². The van der Waals surface area contributed by atoms with Crippen molar-refractivity contribution in [1.29, 1.82) is 0 Å². The Bertz CT molecular complexity index is 384. The quantitative estimate of drug-likeness (QED) is 0.649. The van der Waals surface area contributed by atoms with Crippen LogP contribution in [0.5, 0.6) is 0 Å². The van der Waals surface area contributed by atoms with Crippen LogP contribution in [-0.2, 0) is 9.59 Å². The lowest BCUT2D eigenvalue weighted by Crippen LogP contribution is -2.42. The summed E-state index contributed by atoms with van der Waals surface area (Å²) in [5.41, 5.74) is 5.20. The second-order valence-corrected chi connectivity index (χ2v) is 5.68. The first-order chi connectivity index (χ1) is 9.31. The maximum absolute atomic E-state index is 11.9. The van der Waals surface area contributed by atoms with Gasteiger partial charge < -0.3 is 21.1 Å². The van der Waals surface area contributed by atoms with E-state index in [9.17, 15) is 14.4 Å². The maximum atomic E-state index is 11.9. The molecule has 1 saturated heterocycles. The van der Waals surface area contributed by atoms with Crippen molar-refractivity contribution in [1.82, 2.24) is 10.2 Å². The minimum Gasteiger partial charge on any atom is -0.481 e. The first-order valence-corrected chi connectivity index (χ1v) is 6.86. The average molecular weight is 285 g/mol. The standard InChI is InChI=1S/C13H23N3O4/c1-8(2)5-10(12(18)19)6-15-13(20)16-4-3-9(7-16)11(14)17/h8-10H,3-7H2,1-2H3,(H2,14,17)(H,15,20)(H,18,19). The number of nitrogens with one attached hydrogen (secondary N) is 1. The van der Waals surface area contributed by atoms with Gasteiger partial charge in [0.25, 0.3) is 0 Å². The molecule has 7 heteroatoms. The third-order valence-corrected chi connectivity index (χ3v) is 3.48. The fourth-order valence-corrected chi connectivity index (χ4v) is 2.34. The van der Waals surface area contributed by atoms with Crippen LogP contribution in [0.3, 0.4) is 0 Å². The fourth-order valence-electron chi connectivity index (χ4n) is 2.34. The number of amides is 3. The monoisotopic (exact) mass is 285 g/mol. The van der Waals surface area contributed by atoms with Gasteiger partial charge in [0, 0.05) is 19.6 Å². The van der Waals surface area contributed by atoms with Gasteiger partial charge in [-0.3, -0.25) is 9.59 Å². The number of aliphatic carboxylic acids is 1. The van der Waals surface area contributed by atoms with Gasteiger partial charge in [-0.2, -0.15) is 0 Å². The van der Waals surface area contributed by atoms with E-state index in [1.54, 1.807) is 0 Å². The number of carbonyl (C=O) groups is 3. The van der Waals surface area contributed by atoms with Crippen molar-refractivity contribution >= 4 is 17.9 Å². The van der Waals surface area contributed by atoms with E-state index in [0.29, 0.717) is 25.9 Å². The van der Waals surface area contributed by atoms with E-state index in [0.717, 1.165) is 0 Å². The number of carboxylic acid groups (broad SMARTS) is 1. The second-order valence-electron chi connectivity index (χ2n) is 5.68. The highest BCUT2D eigenvalue weighted by atomic mass is 16.4. The highest BCUT2D eigenvalue weighted by molar-refractivity contribution is 5.80. The molecule has 0 saturated carbocycles. The lowest BCUT2D eigenvalue weighted by molar-refractivity contribution is -0.142. The third kappa shape index (κ3) is 4.71. The number of likely N-dealkylation sites (tertiary alicyclic amines) is 1. The zero-order chi connectivity index (χ0) is 15.3. The van der Waals surface area contributed by atoms with Crippen LogP contribution in [0.15, 0.2) is 0 Å². The lowest BCUT2D eigenvalue weighted by Gasteiger charge is -2.20. The summed E-state index contributed by atoms with van der Waals surface area (Å²) in [6.07, 6.45) is 1.08. The molecule has 1 aliphatic heterocycles. The first-order valence-electron chi connectivity index (χ1n) is 6.86. The van der Waals surface area contributed by atoms with Gasteiger partial charge in [0.05, 0.1) is 11.8 Å². The molecule has 114 valence electrons. The van der Waals surface area contributed by atoms with Gasteiger partial charge in [-0.25, -0.2) is 4.79 Å². The van der Waals surface area contributed by atoms with E-state index in [2.05, 4.69) is 5.32 Å². The molecule has 0 aliphatic carbocycles. The van der Waals surface area contributed by atoms with Crippen molar-refractivity contribution in [2.24, 2.45) is 23.5 Å². The second kappa shape index (κ2) is 7.12. The molecule has 1 aliphatic rings. The number of carboxylic acids is 1. The zero-order valence-electron chi connectivity index (χ0n) is 12.0. The molecule has 0 spiro atoms. The van der Waals surface area contributed by atoms with Crippen LogP contribution in [0.25, 0.3) is 0 Å². The third-order valence-electron chi connectivity index (χ3n) is 3.48. The molecule has 3 amide bonds. The highest BCUT2D eigenvalue weighted by Gasteiger charge is 2.30. The van der Waals surface area contributed by atoms with Crippen LogP contribution >= 0.6 is 0 Å². The Labute approximate surface area is 118 Å². The summed E-state index contributed by atoms with van der Waals surface area (Å²) in [7, 11) is 0. The van der Waals surface area contributed by atoms with Crippen molar-refractivity contribution in [2.45, 2.75) is 26.7 Å². The van der Waals surface area contributed by atoms with Gasteiger partial charge in [-0.1, -0.05) is 13.8 Å². The Morgan fingerprint density at radius 3 is 2.50 bits per heavy atom. The van der Waals surface area contributed by atoms with Crippen LogP contribution in [0.2, 0.25) is 0 Å². The van der Waals surface area contributed by atoms with Crippen LogP contribution in [0.4, 0.5) is 4.79 Å². The van der Waals surface area contributed by atoms with E-state index in [4.69, 9.17) is 10.8 Å². The summed E-state index contributed by atoms with van der Waals surface area (Å²) in [5.74, 6) is -1.95. The molecule has 0 bridgehead atoms. The molecule has 2 atom stereocenters. The maximum Gasteiger partial charge on any atom is 0.317 e. The number of primary amides is 1. The Morgan fingerprint density at radius 1 is 1.40 bits per heavy atom. The highest BCUT2D eigenvalue weighted by Crippen LogP contribution is 2.16. The van der Waals surface area contributed by atoms with Crippen LogP contribution in [0, 0.1) is 17.8 Å². The van der Waals surface area contributed by atoms with E-state index in [1.165, 1.54) is 4.90 Å². The molecule has 1 rings (SSSR count). The van der Waals surface area contributed by atoms with Gasteiger partial charge in [-0.15, -0.1) is 0 Å². The number of urea groups is 1. The molecule has 1 heterocycles. The van der Waals surface area contributed by atoms with Crippen molar-refractivity contribution in [3.8, 4) is 0 Å².